The summed E-state index contributed by atoms with van der Waals surface area (Å²) in [6, 6.07) is 0. The number of ketones is 1. The Morgan fingerprint density at radius 1 is 0.672 bits per heavy atom. The first-order valence-corrected chi connectivity index (χ1v) is 23.8. The summed E-state index contributed by atoms with van der Waals surface area (Å²) in [6.07, 6.45) is -5.38. The predicted molar refractivity (Wildman–Crippen MR) is 225 cm³/mol. The van der Waals surface area contributed by atoms with E-state index in [-0.39, 0.29) is 43.5 Å². The summed E-state index contributed by atoms with van der Waals surface area (Å²) in [6.45, 7) is 12.7. The molecule has 0 aromatic rings. The molecule has 0 radical (unpaired) electrons. The summed E-state index contributed by atoms with van der Waals surface area (Å²) >= 11 is 0. The van der Waals surface area contributed by atoms with Gasteiger partial charge in [-0.25, -0.2) is 0 Å². The van der Waals surface area contributed by atoms with Crippen LogP contribution in [-0.4, -0.2) is 172 Å². The first kappa shape index (κ1) is 49.2. The highest BCUT2D eigenvalue weighted by molar-refractivity contribution is 5.80. The van der Waals surface area contributed by atoms with E-state index in [0.717, 1.165) is 5.57 Å². The fraction of sp³-hybridized carbons (Fsp3) is 0.936. The van der Waals surface area contributed by atoms with Gasteiger partial charge < -0.3 is 78.0 Å². The van der Waals surface area contributed by atoms with Crippen molar-refractivity contribution in [3.8, 4) is 0 Å². The van der Waals surface area contributed by atoms with Crippen LogP contribution in [0, 0.1) is 22.7 Å². The number of carbonyl (C=O) groups excluding carboxylic acids is 1. The zero-order chi connectivity index (χ0) is 46.3. The molecule has 17 nitrogen and oxygen atoms in total. The third-order valence-electron chi connectivity index (χ3n) is 17.4. The number of hydrogen-bond acceptors (Lipinski definition) is 17. The molecule has 24 atom stereocenters. The monoisotopic (exact) mass is 913 g/mol. The van der Waals surface area contributed by atoms with Crippen molar-refractivity contribution >= 4 is 5.78 Å². The molecule has 366 valence electrons. The fourth-order valence-corrected chi connectivity index (χ4v) is 13.6. The lowest BCUT2D eigenvalue weighted by atomic mass is 9.43. The number of Topliss-reactive ketones (excluding diaryl/α,β-unsaturated/α-hetero) is 1. The maximum absolute atomic E-state index is 12.7. The highest BCUT2D eigenvalue weighted by atomic mass is 16.8. The summed E-state index contributed by atoms with van der Waals surface area (Å²) in [7, 11) is 3.15. The SMILES string of the molecule is CO[C@@H]1C[C@H](O[C@H]2[C@H](O)C[C@H](O[C@H]3[C@H](O)C[C@H](O[C@@H]4[C@@H](C)O[C@@H](O[C@@H]5CC[C@@]6(C)C(=CC[C@@]7(O)[C@@H]6C[C@@H](O)[C@]6(C)[C@@H](C(C)=O)CC[C@]67O)C5)C[C@H]4OC)O[C@@H]3C)O[C@@H]2C)O[C@H](C)[C@H]1O. The second-order valence-corrected chi connectivity index (χ2v) is 20.9. The summed E-state index contributed by atoms with van der Waals surface area (Å²) in [5.74, 6) is -0.952. The lowest BCUT2D eigenvalue weighted by Crippen LogP contribution is -2.75. The molecule has 0 bridgehead atoms. The average molecular weight is 913 g/mol. The maximum Gasteiger partial charge on any atom is 0.161 e. The molecule has 4 saturated heterocycles. The Hall–Kier alpha value is -1.23. The zero-order valence-corrected chi connectivity index (χ0v) is 39.1. The minimum absolute atomic E-state index is 0.0604. The smallest absolute Gasteiger partial charge is 0.161 e. The minimum Gasteiger partial charge on any atom is -0.392 e. The number of aliphatic hydroxyl groups excluding tert-OH is 4. The third-order valence-corrected chi connectivity index (χ3v) is 17.4. The molecule has 4 heterocycles. The van der Waals surface area contributed by atoms with E-state index in [9.17, 15) is 35.4 Å². The minimum atomic E-state index is -1.59. The fourth-order valence-electron chi connectivity index (χ4n) is 13.6. The van der Waals surface area contributed by atoms with E-state index in [2.05, 4.69) is 13.0 Å². The van der Waals surface area contributed by atoms with Crippen LogP contribution in [-0.2, 0) is 52.2 Å². The van der Waals surface area contributed by atoms with Crippen molar-refractivity contribution in [3.05, 3.63) is 11.6 Å². The molecule has 64 heavy (non-hydrogen) atoms. The molecule has 0 amide bonds. The molecule has 4 aliphatic heterocycles. The maximum atomic E-state index is 12.7. The molecule has 6 N–H and O–H groups in total. The van der Waals surface area contributed by atoms with Crippen LogP contribution in [0.1, 0.15) is 119 Å². The van der Waals surface area contributed by atoms with Gasteiger partial charge in [0.05, 0.1) is 61.0 Å². The number of methoxy groups -OCH3 is 2. The van der Waals surface area contributed by atoms with Crippen LogP contribution in [0.2, 0.25) is 0 Å². The summed E-state index contributed by atoms with van der Waals surface area (Å²) < 4.78 is 61.5. The van der Waals surface area contributed by atoms with E-state index >= 15 is 0 Å². The number of rotatable bonds is 11. The molecule has 0 spiro atoms. The molecule has 0 aromatic heterocycles. The quantitative estimate of drug-likeness (QED) is 0.164. The van der Waals surface area contributed by atoms with Gasteiger partial charge >= 0.3 is 0 Å². The van der Waals surface area contributed by atoms with E-state index in [1.54, 1.807) is 34.8 Å². The zero-order valence-electron chi connectivity index (χ0n) is 39.1. The highest BCUT2D eigenvalue weighted by Crippen LogP contribution is 2.69. The van der Waals surface area contributed by atoms with Gasteiger partial charge in [0.15, 0.2) is 25.2 Å². The Kier molecular flexibility index (Phi) is 14.3. The van der Waals surface area contributed by atoms with Crippen LogP contribution in [0.5, 0.6) is 0 Å². The highest BCUT2D eigenvalue weighted by Gasteiger charge is 2.76. The van der Waals surface area contributed by atoms with Crippen molar-refractivity contribution in [2.75, 3.05) is 14.2 Å². The molecule has 7 fully saturated rings. The van der Waals surface area contributed by atoms with Crippen molar-refractivity contribution in [3.63, 3.8) is 0 Å². The topological polar surface area (TPSA) is 231 Å². The van der Waals surface area contributed by atoms with Crippen molar-refractivity contribution in [2.45, 2.75) is 241 Å². The van der Waals surface area contributed by atoms with E-state index in [1.165, 1.54) is 14.0 Å². The lowest BCUT2D eigenvalue weighted by molar-refractivity contribution is -0.345. The largest absolute Gasteiger partial charge is 0.392 e. The second kappa shape index (κ2) is 18.6. The molecule has 3 saturated carbocycles. The standard InChI is InChI=1S/C47H76O17/c1-22(48)29-12-15-47(54)45(29,7)35(51)21-34-44(6)13-11-28(16-27(44)10-14-46(34,47)53)61-38-20-33(56-9)43(26(5)60-38)64-37-18-31(50)41(24(3)59-37)62-36-17-30(49)42(25(4)58-36)63-39-19-32(55-8)40(52)23(2)57-39/h10,23-26,28-43,49-54H,11-21H2,1-9H3/t23-,24-,25-,26-,28-,29-,30-,31-,32-,33-,34-,35-,36+,37+,38+,39+,40-,41-,42-,43-,44+,45+,46-,47+/m1/s1. The molecule has 8 aliphatic rings. The summed E-state index contributed by atoms with van der Waals surface area (Å²) in [4.78, 5) is 12.7. The number of hydrogen-bond donors (Lipinski definition) is 6. The van der Waals surface area contributed by atoms with Crippen LogP contribution in [0.25, 0.3) is 0 Å². The molecule has 0 unspecified atom stereocenters. The Morgan fingerprint density at radius 3 is 1.75 bits per heavy atom. The van der Waals surface area contributed by atoms with Crippen LogP contribution in [0.3, 0.4) is 0 Å². The van der Waals surface area contributed by atoms with Crippen molar-refractivity contribution in [2.24, 2.45) is 22.7 Å². The number of carbonyl (C=O) groups is 1. The molecule has 17 heteroatoms. The van der Waals surface area contributed by atoms with Gasteiger partial charge in [0.2, 0.25) is 0 Å². The van der Waals surface area contributed by atoms with Crippen LogP contribution in [0.4, 0.5) is 0 Å². The lowest BCUT2D eigenvalue weighted by Gasteiger charge is -2.66. The van der Waals surface area contributed by atoms with Gasteiger partial charge in [0, 0.05) is 57.2 Å². The number of aliphatic hydroxyl groups is 6. The van der Waals surface area contributed by atoms with E-state index in [1.807, 2.05) is 6.92 Å². The molecule has 4 aliphatic carbocycles. The second-order valence-electron chi connectivity index (χ2n) is 20.9. The van der Waals surface area contributed by atoms with E-state index < -0.39 is 132 Å². The van der Waals surface area contributed by atoms with Crippen molar-refractivity contribution < 1.29 is 82.8 Å². The molecule has 8 rings (SSSR count). The first-order chi connectivity index (χ1) is 30.2. The Labute approximate surface area is 377 Å². The van der Waals surface area contributed by atoms with Crippen molar-refractivity contribution in [1.82, 2.24) is 0 Å². The Bertz CT molecular complexity index is 1660. The number of fused-ring (bicyclic) bond motifs is 5. The predicted octanol–water partition coefficient (Wildman–Crippen LogP) is 2.55. The normalized spacial score (nSPS) is 54.3. The summed E-state index contributed by atoms with van der Waals surface area (Å²) in [5.41, 5.74) is -3.50. The van der Waals surface area contributed by atoms with E-state index in [4.69, 9.17) is 47.4 Å². The number of ether oxygens (including phenoxy) is 10. The first-order valence-electron chi connectivity index (χ1n) is 23.8. The van der Waals surface area contributed by atoms with Gasteiger partial charge in [-0.05, 0) is 85.0 Å². The summed E-state index contributed by atoms with van der Waals surface area (Å²) in [5, 5.41) is 69.3. The Morgan fingerprint density at radius 2 is 1.19 bits per heavy atom. The molecule has 0 aromatic carbocycles. The van der Waals surface area contributed by atoms with Gasteiger partial charge in [0.25, 0.3) is 0 Å². The average Bonchev–Trinajstić information content (AvgIpc) is 3.53. The van der Waals surface area contributed by atoms with E-state index in [0.29, 0.717) is 44.9 Å². The third kappa shape index (κ3) is 8.40. The van der Waals surface area contributed by atoms with Gasteiger partial charge in [-0.2, -0.15) is 0 Å². The van der Waals surface area contributed by atoms with Crippen LogP contribution in [0.15, 0.2) is 11.6 Å². The Balaban J connectivity index is 0.826. The van der Waals surface area contributed by atoms with Crippen LogP contribution >= 0.6 is 0 Å². The van der Waals surface area contributed by atoms with Crippen molar-refractivity contribution in [1.29, 1.82) is 0 Å². The van der Waals surface area contributed by atoms with Crippen LogP contribution < -0.4 is 0 Å². The van der Waals surface area contributed by atoms with Gasteiger partial charge in [-0.1, -0.05) is 25.5 Å². The van der Waals surface area contributed by atoms with Gasteiger partial charge in [0.1, 0.15) is 41.4 Å². The van der Waals surface area contributed by atoms with Gasteiger partial charge in [-0.15, -0.1) is 0 Å². The molecular formula is C47H76O17. The van der Waals surface area contributed by atoms with Gasteiger partial charge in [-0.3, -0.25) is 4.79 Å². The molecular weight excluding hydrogens is 836 g/mol.